The molecule has 0 aliphatic carbocycles. The van der Waals surface area contributed by atoms with Crippen LogP contribution < -0.4 is 10.1 Å². The summed E-state index contributed by atoms with van der Waals surface area (Å²) in [5.74, 6) is 0.890. The van der Waals surface area contributed by atoms with Crippen LogP contribution in [0.25, 0.3) is 0 Å². The lowest BCUT2D eigenvalue weighted by molar-refractivity contribution is 0.0988. The second-order valence-electron chi connectivity index (χ2n) is 5.81. The highest BCUT2D eigenvalue weighted by Gasteiger charge is 2.15. The molecular formula is C19H23ClN2O2. The fraction of sp³-hybridized carbons (Fsp3) is 0.316. The number of ether oxygens (including phenoxy) is 1. The molecule has 24 heavy (non-hydrogen) atoms. The molecule has 0 aliphatic rings. The minimum absolute atomic E-state index is 0.0545. The SMILES string of the molecule is COc1ccc(C(CNCC(=O)c2ccc(Cl)cc2)N(C)C)cc1. The predicted octanol–water partition coefficient (Wildman–Crippen LogP) is 3.42. The van der Waals surface area contributed by atoms with Crippen LogP contribution in [0, 0.1) is 0 Å². The summed E-state index contributed by atoms with van der Waals surface area (Å²) >= 11 is 5.85. The second-order valence-corrected chi connectivity index (χ2v) is 6.25. The molecule has 128 valence electrons. The van der Waals surface area contributed by atoms with Gasteiger partial charge in [0.25, 0.3) is 0 Å². The summed E-state index contributed by atoms with van der Waals surface area (Å²) in [5.41, 5.74) is 1.84. The van der Waals surface area contributed by atoms with Crippen molar-refractivity contribution < 1.29 is 9.53 Å². The largest absolute Gasteiger partial charge is 0.497 e. The van der Waals surface area contributed by atoms with Gasteiger partial charge in [0.05, 0.1) is 13.7 Å². The molecule has 4 nitrogen and oxygen atoms in total. The Balaban J connectivity index is 1.93. The molecule has 2 aromatic rings. The van der Waals surface area contributed by atoms with Gasteiger partial charge in [-0.1, -0.05) is 23.7 Å². The van der Waals surface area contributed by atoms with E-state index in [2.05, 4.69) is 10.2 Å². The van der Waals surface area contributed by atoms with Crippen molar-refractivity contribution in [2.75, 3.05) is 34.3 Å². The molecule has 0 aromatic heterocycles. The van der Waals surface area contributed by atoms with Crippen LogP contribution in [0.3, 0.4) is 0 Å². The molecular weight excluding hydrogens is 324 g/mol. The Labute approximate surface area is 148 Å². The molecule has 0 spiro atoms. The fourth-order valence-corrected chi connectivity index (χ4v) is 2.61. The molecule has 0 heterocycles. The molecule has 1 unspecified atom stereocenters. The first-order valence-corrected chi connectivity index (χ1v) is 8.19. The van der Waals surface area contributed by atoms with Gasteiger partial charge >= 0.3 is 0 Å². The van der Waals surface area contributed by atoms with Crippen molar-refractivity contribution in [3.05, 3.63) is 64.7 Å². The Hall–Kier alpha value is -1.88. The molecule has 0 saturated heterocycles. The normalized spacial score (nSPS) is 12.2. The van der Waals surface area contributed by atoms with Crippen LogP contribution in [0.1, 0.15) is 22.0 Å². The zero-order chi connectivity index (χ0) is 17.5. The maximum Gasteiger partial charge on any atom is 0.176 e. The molecule has 0 fully saturated rings. The van der Waals surface area contributed by atoms with Gasteiger partial charge in [-0.2, -0.15) is 0 Å². The summed E-state index contributed by atoms with van der Waals surface area (Å²) in [6.07, 6.45) is 0. The zero-order valence-electron chi connectivity index (χ0n) is 14.3. The number of methoxy groups -OCH3 is 1. The molecule has 0 saturated carbocycles. The summed E-state index contributed by atoms with van der Waals surface area (Å²) in [4.78, 5) is 14.3. The van der Waals surface area contributed by atoms with Crippen molar-refractivity contribution in [2.24, 2.45) is 0 Å². The number of Topliss-reactive ketones (excluding diaryl/α,β-unsaturated/α-hetero) is 1. The summed E-state index contributed by atoms with van der Waals surface area (Å²) in [6.45, 7) is 0.973. The maximum atomic E-state index is 12.2. The van der Waals surface area contributed by atoms with E-state index in [0.717, 1.165) is 5.75 Å². The zero-order valence-corrected chi connectivity index (χ0v) is 15.0. The number of nitrogens with one attached hydrogen (secondary N) is 1. The van der Waals surface area contributed by atoms with Crippen molar-refractivity contribution in [1.82, 2.24) is 10.2 Å². The summed E-state index contributed by atoms with van der Waals surface area (Å²) in [6, 6.07) is 15.1. The van der Waals surface area contributed by atoms with Gasteiger partial charge < -0.3 is 15.0 Å². The quantitative estimate of drug-likeness (QED) is 0.744. The van der Waals surface area contributed by atoms with E-state index in [1.54, 1.807) is 31.4 Å². The number of halogens is 1. The molecule has 0 bridgehead atoms. The number of carbonyl (C=O) groups is 1. The Morgan fingerprint density at radius 3 is 2.29 bits per heavy atom. The molecule has 0 amide bonds. The van der Waals surface area contributed by atoms with E-state index in [-0.39, 0.29) is 11.8 Å². The number of nitrogens with zero attached hydrogens (tertiary/aromatic N) is 1. The van der Waals surface area contributed by atoms with Crippen molar-refractivity contribution in [3.63, 3.8) is 0 Å². The van der Waals surface area contributed by atoms with Crippen molar-refractivity contribution in [1.29, 1.82) is 0 Å². The molecule has 2 aromatic carbocycles. The summed E-state index contributed by atoms with van der Waals surface area (Å²) in [5, 5.41) is 3.88. The number of carbonyl (C=O) groups excluding carboxylic acids is 1. The van der Waals surface area contributed by atoms with Gasteiger partial charge in [-0.05, 0) is 56.1 Å². The van der Waals surface area contributed by atoms with E-state index in [0.29, 0.717) is 23.7 Å². The average Bonchev–Trinajstić information content (AvgIpc) is 2.59. The first-order chi connectivity index (χ1) is 11.5. The number of hydrogen-bond donors (Lipinski definition) is 1. The number of likely N-dealkylation sites (N-methyl/N-ethyl adjacent to an activating group) is 1. The third kappa shape index (κ3) is 5.06. The third-order valence-corrected chi connectivity index (χ3v) is 4.17. The molecule has 0 radical (unpaired) electrons. The number of hydrogen-bond acceptors (Lipinski definition) is 4. The monoisotopic (exact) mass is 346 g/mol. The van der Waals surface area contributed by atoms with Gasteiger partial charge in [-0.15, -0.1) is 0 Å². The lowest BCUT2D eigenvalue weighted by atomic mass is 10.1. The lowest BCUT2D eigenvalue weighted by Crippen LogP contribution is -2.33. The van der Waals surface area contributed by atoms with E-state index in [9.17, 15) is 4.79 Å². The smallest absolute Gasteiger partial charge is 0.176 e. The van der Waals surface area contributed by atoms with E-state index < -0.39 is 0 Å². The van der Waals surface area contributed by atoms with Crippen LogP contribution >= 0.6 is 11.6 Å². The summed E-state index contributed by atoms with van der Waals surface area (Å²) in [7, 11) is 5.71. The third-order valence-electron chi connectivity index (χ3n) is 3.91. The van der Waals surface area contributed by atoms with E-state index in [1.165, 1.54) is 5.56 Å². The van der Waals surface area contributed by atoms with E-state index in [1.807, 2.05) is 38.4 Å². The minimum atomic E-state index is 0.0545. The Bertz CT molecular complexity index is 654. The molecule has 5 heteroatoms. The van der Waals surface area contributed by atoms with Crippen LogP contribution in [0.5, 0.6) is 5.75 Å². The van der Waals surface area contributed by atoms with Crippen LogP contribution in [0.15, 0.2) is 48.5 Å². The Kier molecular flexibility index (Phi) is 6.79. The Morgan fingerprint density at radius 2 is 1.75 bits per heavy atom. The molecule has 0 aliphatic heterocycles. The first-order valence-electron chi connectivity index (χ1n) is 7.81. The van der Waals surface area contributed by atoms with E-state index in [4.69, 9.17) is 16.3 Å². The van der Waals surface area contributed by atoms with Crippen molar-refractivity contribution in [3.8, 4) is 5.75 Å². The molecule has 1 atom stereocenters. The fourth-order valence-electron chi connectivity index (χ4n) is 2.48. The van der Waals surface area contributed by atoms with E-state index >= 15 is 0 Å². The first kappa shape index (κ1) is 18.5. The van der Waals surface area contributed by atoms with Gasteiger partial charge in [0, 0.05) is 23.2 Å². The topological polar surface area (TPSA) is 41.6 Å². The molecule has 1 N–H and O–H groups in total. The predicted molar refractivity (Wildman–Crippen MR) is 98.1 cm³/mol. The molecule has 2 rings (SSSR count). The minimum Gasteiger partial charge on any atom is -0.497 e. The Morgan fingerprint density at radius 1 is 1.12 bits per heavy atom. The average molecular weight is 347 g/mol. The van der Waals surface area contributed by atoms with Crippen molar-refractivity contribution >= 4 is 17.4 Å². The lowest BCUT2D eigenvalue weighted by Gasteiger charge is -2.25. The van der Waals surface area contributed by atoms with Crippen LogP contribution in [0.2, 0.25) is 5.02 Å². The number of rotatable bonds is 8. The number of benzene rings is 2. The highest BCUT2D eigenvalue weighted by atomic mass is 35.5. The standard InChI is InChI=1S/C19H23ClN2O2/c1-22(2)18(14-6-10-17(24-3)11-7-14)12-21-13-19(23)15-4-8-16(20)9-5-15/h4-11,18,21H,12-13H2,1-3H3. The van der Waals surface area contributed by atoms with Gasteiger partial charge in [0.15, 0.2) is 5.78 Å². The summed E-state index contributed by atoms with van der Waals surface area (Å²) < 4.78 is 5.20. The van der Waals surface area contributed by atoms with Crippen molar-refractivity contribution in [2.45, 2.75) is 6.04 Å². The number of ketones is 1. The van der Waals surface area contributed by atoms with Gasteiger partial charge in [-0.3, -0.25) is 4.79 Å². The van der Waals surface area contributed by atoms with Gasteiger partial charge in [-0.25, -0.2) is 0 Å². The van der Waals surface area contributed by atoms with Crippen LogP contribution in [-0.2, 0) is 0 Å². The maximum absolute atomic E-state index is 12.2. The highest BCUT2D eigenvalue weighted by molar-refractivity contribution is 6.30. The second kappa shape index (κ2) is 8.83. The van der Waals surface area contributed by atoms with Crippen LogP contribution in [0.4, 0.5) is 0 Å². The van der Waals surface area contributed by atoms with Gasteiger partial charge in [0.1, 0.15) is 5.75 Å². The van der Waals surface area contributed by atoms with Crippen LogP contribution in [-0.4, -0.2) is 45.0 Å². The highest BCUT2D eigenvalue weighted by Crippen LogP contribution is 2.20. The van der Waals surface area contributed by atoms with Gasteiger partial charge in [0.2, 0.25) is 0 Å².